The molecule has 0 fully saturated rings. The number of nitrogens with one attached hydrogen (secondary N) is 1. The minimum absolute atomic E-state index is 0.331. The second-order valence-corrected chi connectivity index (χ2v) is 6.85. The van der Waals surface area contributed by atoms with E-state index in [0.717, 1.165) is 28.4 Å². The van der Waals surface area contributed by atoms with E-state index in [-0.39, 0.29) is 5.91 Å². The lowest BCUT2D eigenvalue weighted by Crippen LogP contribution is -2.19. The smallest absolute Gasteiger partial charge is 0.285 e. The van der Waals surface area contributed by atoms with Crippen molar-refractivity contribution in [3.8, 4) is 5.75 Å². The molecule has 0 saturated carbocycles. The van der Waals surface area contributed by atoms with Crippen molar-refractivity contribution in [1.82, 2.24) is 15.0 Å². The molecule has 0 bridgehead atoms. The maximum absolute atomic E-state index is 12.3. The van der Waals surface area contributed by atoms with Gasteiger partial charge in [-0.2, -0.15) is 5.10 Å². The summed E-state index contributed by atoms with van der Waals surface area (Å²) < 4.78 is 8.99. The number of nitrogens with zero attached hydrogens (tertiary/aromatic N) is 3. The Morgan fingerprint density at radius 3 is 2.43 bits per heavy atom. The van der Waals surface area contributed by atoms with Gasteiger partial charge in [-0.25, -0.2) is 5.43 Å². The van der Waals surface area contributed by atoms with Gasteiger partial charge in [-0.3, -0.25) is 4.79 Å². The Morgan fingerprint density at radius 2 is 1.82 bits per heavy atom. The van der Waals surface area contributed by atoms with Crippen molar-refractivity contribution in [3.63, 3.8) is 0 Å². The van der Waals surface area contributed by atoms with E-state index in [0.29, 0.717) is 16.3 Å². The van der Waals surface area contributed by atoms with E-state index in [1.807, 2.05) is 67.6 Å². The first-order chi connectivity index (χ1) is 13.6. The van der Waals surface area contributed by atoms with E-state index in [4.69, 9.17) is 4.74 Å². The summed E-state index contributed by atoms with van der Waals surface area (Å²) in [5, 5.41) is 8.18. The summed E-state index contributed by atoms with van der Waals surface area (Å²) in [6.45, 7) is 3.79. The van der Waals surface area contributed by atoms with Gasteiger partial charge in [0.25, 0.3) is 5.91 Å². The topological polar surface area (TPSA) is 76.5 Å². The van der Waals surface area contributed by atoms with Crippen molar-refractivity contribution in [1.29, 1.82) is 0 Å². The van der Waals surface area contributed by atoms with Crippen LogP contribution in [-0.2, 0) is 0 Å². The Bertz CT molecular complexity index is 1010. The predicted octanol–water partition coefficient (Wildman–Crippen LogP) is 4.01. The largest absolute Gasteiger partial charge is 0.497 e. The zero-order chi connectivity index (χ0) is 19.9. The van der Waals surface area contributed by atoms with Crippen LogP contribution in [0.2, 0.25) is 0 Å². The van der Waals surface area contributed by atoms with Crippen LogP contribution in [0, 0.1) is 13.8 Å². The highest BCUT2D eigenvalue weighted by Gasteiger charge is 2.12. The minimum atomic E-state index is -0.331. The summed E-state index contributed by atoms with van der Waals surface area (Å²) in [4.78, 5) is 12.8. The van der Waals surface area contributed by atoms with E-state index in [9.17, 15) is 4.79 Å². The number of ether oxygens (including phenoxy) is 1. The van der Waals surface area contributed by atoms with Gasteiger partial charge < -0.3 is 4.74 Å². The van der Waals surface area contributed by atoms with Crippen LogP contribution >= 0.6 is 11.5 Å². The highest BCUT2D eigenvalue weighted by atomic mass is 32.1. The fraction of sp³-hybridized carbons (Fsp3) is 0.143. The lowest BCUT2D eigenvalue weighted by Gasteiger charge is -2.05. The van der Waals surface area contributed by atoms with Gasteiger partial charge in [-0.15, -0.1) is 5.10 Å². The third-order valence-electron chi connectivity index (χ3n) is 4.03. The summed E-state index contributed by atoms with van der Waals surface area (Å²) in [6.07, 6.45) is 3.82. The zero-order valence-corrected chi connectivity index (χ0v) is 16.7. The molecule has 3 rings (SSSR count). The summed E-state index contributed by atoms with van der Waals surface area (Å²) in [5.41, 5.74) is 6.88. The molecule has 1 aromatic heterocycles. The molecule has 0 unspecified atom stereocenters. The molecule has 2 aromatic carbocycles. The van der Waals surface area contributed by atoms with E-state index in [1.54, 1.807) is 14.0 Å². The molecule has 0 aliphatic carbocycles. The number of hydrazone groups is 1. The molecule has 1 N–H and O–H groups in total. The Morgan fingerprint density at radius 1 is 1.11 bits per heavy atom. The summed E-state index contributed by atoms with van der Waals surface area (Å²) in [7, 11) is 1.62. The van der Waals surface area contributed by atoms with Crippen LogP contribution in [0.1, 0.15) is 32.1 Å². The molecule has 3 aromatic rings. The van der Waals surface area contributed by atoms with E-state index in [1.165, 1.54) is 5.56 Å². The van der Waals surface area contributed by atoms with Gasteiger partial charge >= 0.3 is 0 Å². The van der Waals surface area contributed by atoms with E-state index in [2.05, 4.69) is 20.1 Å². The SMILES string of the molecule is COc1ccc(C(/C=C/c2ccc(C)cc2)=N\NC(=O)c2snnc2C)cc1. The number of aromatic nitrogens is 2. The molecule has 6 nitrogen and oxygen atoms in total. The van der Waals surface area contributed by atoms with Gasteiger partial charge in [0.1, 0.15) is 10.6 Å². The molecule has 0 spiro atoms. The van der Waals surface area contributed by atoms with Crippen LogP contribution in [0.5, 0.6) is 5.75 Å². The van der Waals surface area contributed by atoms with Gasteiger partial charge in [0, 0.05) is 5.56 Å². The van der Waals surface area contributed by atoms with Crippen LogP contribution < -0.4 is 10.2 Å². The number of methoxy groups -OCH3 is 1. The molecular formula is C21H20N4O2S. The molecule has 7 heteroatoms. The number of amides is 1. The van der Waals surface area contributed by atoms with E-state index >= 15 is 0 Å². The number of carbonyl (C=O) groups excluding carboxylic acids is 1. The fourth-order valence-electron chi connectivity index (χ4n) is 2.41. The third-order valence-corrected chi connectivity index (χ3v) is 4.86. The first-order valence-corrected chi connectivity index (χ1v) is 9.40. The highest BCUT2D eigenvalue weighted by molar-refractivity contribution is 7.08. The molecule has 0 aliphatic heterocycles. The first kappa shape index (κ1) is 19.4. The number of rotatable bonds is 6. The molecule has 0 aliphatic rings. The van der Waals surface area contributed by atoms with Gasteiger partial charge in [0.05, 0.1) is 18.5 Å². The normalized spacial score (nSPS) is 11.6. The number of carbonyl (C=O) groups is 1. The van der Waals surface area contributed by atoms with Crippen LogP contribution in [0.25, 0.3) is 6.08 Å². The van der Waals surface area contributed by atoms with Crippen molar-refractivity contribution < 1.29 is 9.53 Å². The predicted molar refractivity (Wildman–Crippen MR) is 112 cm³/mol. The van der Waals surface area contributed by atoms with Crippen molar-refractivity contribution in [2.24, 2.45) is 5.10 Å². The zero-order valence-electron chi connectivity index (χ0n) is 15.8. The van der Waals surface area contributed by atoms with Crippen molar-refractivity contribution >= 4 is 29.2 Å². The summed E-state index contributed by atoms with van der Waals surface area (Å²) in [5.74, 6) is 0.420. The molecule has 1 amide bonds. The van der Waals surface area contributed by atoms with Crippen LogP contribution in [0.3, 0.4) is 0 Å². The molecule has 142 valence electrons. The molecule has 1 heterocycles. The molecule has 0 saturated heterocycles. The van der Waals surface area contributed by atoms with Crippen molar-refractivity contribution in [2.45, 2.75) is 13.8 Å². The quantitative estimate of drug-likeness (QED) is 0.508. The van der Waals surface area contributed by atoms with Crippen molar-refractivity contribution in [2.75, 3.05) is 7.11 Å². The monoisotopic (exact) mass is 392 g/mol. The van der Waals surface area contributed by atoms with Gasteiger partial charge in [0.15, 0.2) is 0 Å². The Kier molecular flexibility index (Phi) is 6.29. The second-order valence-electron chi connectivity index (χ2n) is 6.10. The number of hydrogen-bond acceptors (Lipinski definition) is 6. The Labute approximate surface area is 167 Å². The van der Waals surface area contributed by atoms with Gasteiger partial charge in [-0.05, 0) is 61.3 Å². The van der Waals surface area contributed by atoms with Crippen LogP contribution in [0.4, 0.5) is 0 Å². The summed E-state index contributed by atoms with van der Waals surface area (Å²) >= 11 is 1.04. The van der Waals surface area contributed by atoms with Gasteiger partial charge in [-0.1, -0.05) is 40.4 Å². The number of hydrogen-bond donors (Lipinski definition) is 1. The molecule has 28 heavy (non-hydrogen) atoms. The average molecular weight is 392 g/mol. The number of allylic oxidation sites excluding steroid dienone is 1. The lowest BCUT2D eigenvalue weighted by molar-refractivity contribution is 0.0958. The van der Waals surface area contributed by atoms with Gasteiger partial charge in [0.2, 0.25) is 0 Å². The standard InChI is InChI=1S/C21H20N4O2S/c1-14-4-6-16(7-5-14)8-13-19(17-9-11-18(27-3)12-10-17)23-24-21(26)20-15(2)22-25-28-20/h4-13H,1-3H3,(H,24,26)/b13-8+,23-19-. The maximum Gasteiger partial charge on any atom is 0.285 e. The minimum Gasteiger partial charge on any atom is -0.497 e. The Hall–Kier alpha value is -3.32. The van der Waals surface area contributed by atoms with Crippen LogP contribution in [-0.4, -0.2) is 28.3 Å². The fourth-order valence-corrected chi connectivity index (χ4v) is 2.96. The lowest BCUT2D eigenvalue weighted by atomic mass is 10.1. The number of benzene rings is 2. The molecule has 0 radical (unpaired) electrons. The molecule has 0 atom stereocenters. The third kappa shape index (κ3) is 4.89. The second kappa shape index (κ2) is 9.05. The van der Waals surface area contributed by atoms with Crippen molar-refractivity contribution in [3.05, 3.63) is 81.9 Å². The number of aryl methyl sites for hydroxylation is 2. The first-order valence-electron chi connectivity index (χ1n) is 8.63. The Balaban J connectivity index is 1.87. The highest BCUT2D eigenvalue weighted by Crippen LogP contribution is 2.14. The summed E-state index contributed by atoms with van der Waals surface area (Å²) in [6, 6.07) is 15.6. The van der Waals surface area contributed by atoms with E-state index < -0.39 is 0 Å². The average Bonchev–Trinajstić information content (AvgIpc) is 3.15. The maximum atomic E-state index is 12.3. The molecular weight excluding hydrogens is 372 g/mol. The van der Waals surface area contributed by atoms with Crippen LogP contribution in [0.15, 0.2) is 59.7 Å².